The third-order valence-corrected chi connectivity index (χ3v) is 3.92. The summed E-state index contributed by atoms with van der Waals surface area (Å²) in [7, 11) is 0. The predicted molar refractivity (Wildman–Crippen MR) is 70.6 cm³/mol. The smallest absolute Gasteiger partial charge is 0.0572 e. The van der Waals surface area contributed by atoms with Gasteiger partial charge in [-0.3, -0.25) is 9.88 Å². The third kappa shape index (κ3) is 2.67. The molecule has 2 heterocycles. The normalized spacial score (nSPS) is 27.9. The minimum atomic E-state index is 0.361. The molecule has 1 saturated heterocycles. The summed E-state index contributed by atoms with van der Waals surface area (Å²) in [6, 6.07) is 7.62. The molecule has 2 N–H and O–H groups in total. The lowest BCUT2D eigenvalue weighted by Gasteiger charge is -2.43. The van der Waals surface area contributed by atoms with Crippen molar-refractivity contribution in [3.8, 4) is 0 Å². The molecule has 3 nitrogen and oxygen atoms in total. The summed E-state index contributed by atoms with van der Waals surface area (Å²) in [5.74, 6) is 0. The average molecular weight is 233 g/mol. The first-order valence-corrected chi connectivity index (χ1v) is 6.62. The van der Waals surface area contributed by atoms with Gasteiger partial charge >= 0.3 is 0 Å². The second-order valence-electron chi connectivity index (χ2n) is 5.05. The van der Waals surface area contributed by atoms with Crippen molar-refractivity contribution in [3.05, 3.63) is 30.1 Å². The van der Waals surface area contributed by atoms with Gasteiger partial charge in [-0.1, -0.05) is 12.5 Å². The highest BCUT2D eigenvalue weighted by Crippen LogP contribution is 2.30. The van der Waals surface area contributed by atoms with E-state index in [2.05, 4.69) is 35.9 Å². The van der Waals surface area contributed by atoms with E-state index in [0.29, 0.717) is 18.1 Å². The van der Waals surface area contributed by atoms with Crippen molar-refractivity contribution in [2.24, 2.45) is 5.73 Å². The fourth-order valence-corrected chi connectivity index (χ4v) is 3.02. The summed E-state index contributed by atoms with van der Waals surface area (Å²) in [6.45, 7) is 5.30. The van der Waals surface area contributed by atoms with Gasteiger partial charge in [-0.05, 0) is 38.8 Å². The maximum Gasteiger partial charge on any atom is 0.0572 e. The van der Waals surface area contributed by atoms with Crippen molar-refractivity contribution >= 4 is 0 Å². The van der Waals surface area contributed by atoms with Gasteiger partial charge < -0.3 is 5.73 Å². The summed E-state index contributed by atoms with van der Waals surface area (Å²) in [5.41, 5.74) is 7.06. The maximum absolute atomic E-state index is 5.91. The van der Waals surface area contributed by atoms with Gasteiger partial charge in [0.2, 0.25) is 0 Å². The quantitative estimate of drug-likeness (QED) is 0.871. The lowest BCUT2D eigenvalue weighted by molar-refractivity contribution is 0.0553. The monoisotopic (exact) mass is 233 g/mol. The van der Waals surface area contributed by atoms with Crippen LogP contribution in [0.2, 0.25) is 0 Å². The molecule has 1 aromatic heterocycles. The van der Waals surface area contributed by atoms with Crippen molar-refractivity contribution in [1.29, 1.82) is 0 Å². The highest BCUT2D eigenvalue weighted by atomic mass is 15.2. The van der Waals surface area contributed by atoms with E-state index < -0.39 is 0 Å². The Hall–Kier alpha value is -0.930. The number of hydrogen-bond acceptors (Lipinski definition) is 3. The Morgan fingerprint density at radius 2 is 2.29 bits per heavy atom. The van der Waals surface area contributed by atoms with E-state index in [4.69, 9.17) is 5.73 Å². The molecule has 0 spiro atoms. The van der Waals surface area contributed by atoms with E-state index in [1.807, 2.05) is 12.3 Å². The number of nitrogens with two attached hydrogens (primary N) is 1. The van der Waals surface area contributed by atoms with E-state index in [1.54, 1.807) is 0 Å². The largest absolute Gasteiger partial charge is 0.329 e. The molecule has 3 unspecified atom stereocenters. The first-order chi connectivity index (χ1) is 8.24. The Balaban J connectivity index is 2.18. The fraction of sp³-hybridized carbons (Fsp3) is 0.643. The number of aromatic nitrogens is 1. The van der Waals surface area contributed by atoms with E-state index >= 15 is 0 Å². The topological polar surface area (TPSA) is 42.1 Å². The van der Waals surface area contributed by atoms with Crippen molar-refractivity contribution in [3.63, 3.8) is 0 Å². The van der Waals surface area contributed by atoms with E-state index in [0.717, 1.165) is 12.2 Å². The number of piperidine rings is 1. The highest BCUT2D eigenvalue weighted by molar-refractivity contribution is 5.09. The van der Waals surface area contributed by atoms with Gasteiger partial charge in [0.05, 0.1) is 5.69 Å². The summed E-state index contributed by atoms with van der Waals surface area (Å²) in [6.07, 6.45) is 5.66. The van der Waals surface area contributed by atoms with Crippen LogP contribution in [-0.2, 0) is 0 Å². The molecule has 0 bridgehead atoms. The van der Waals surface area contributed by atoms with Crippen molar-refractivity contribution in [2.45, 2.75) is 51.2 Å². The summed E-state index contributed by atoms with van der Waals surface area (Å²) < 4.78 is 0. The van der Waals surface area contributed by atoms with Crippen LogP contribution in [0.5, 0.6) is 0 Å². The molecular weight excluding hydrogens is 210 g/mol. The van der Waals surface area contributed by atoms with Crippen molar-refractivity contribution in [1.82, 2.24) is 9.88 Å². The van der Waals surface area contributed by atoms with E-state index in [1.165, 1.54) is 19.3 Å². The molecule has 1 fully saturated rings. The number of pyridine rings is 1. The zero-order valence-corrected chi connectivity index (χ0v) is 10.8. The summed E-state index contributed by atoms with van der Waals surface area (Å²) in [5, 5.41) is 0. The molecule has 0 amide bonds. The molecule has 17 heavy (non-hydrogen) atoms. The minimum Gasteiger partial charge on any atom is -0.329 e. The van der Waals surface area contributed by atoms with Crippen molar-refractivity contribution < 1.29 is 0 Å². The van der Waals surface area contributed by atoms with Gasteiger partial charge in [0, 0.05) is 30.9 Å². The lowest BCUT2D eigenvalue weighted by Crippen LogP contribution is -2.49. The van der Waals surface area contributed by atoms with Crippen LogP contribution in [0.25, 0.3) is 0 Å². The molecule has 1 aromatic rings. The van der Waals surface area contributed by atoms with Crippen LogP contribution in [0.15, 0.2) is 24.4 Å². The molecule has 0 aromatic carbocycles. The molecule has 3 heteroatoms. The summed E-state index contributed by atoms with van der Waals surface area (Å²) in [4.78, 5) is 7.02. The van der Waals surface area contributed by atoms with Gasteiger partial charge in [-0.15, -0.1) is 0 Å². The SMILES string of the molecule is CC1CCCC(CN)N1C(C)c1ccccn1. The van der Waals surface area contributed by atoms with Crippen LogP contribution in [-0.4, -0.2) is 28.5 Å². The van der Waals surface area contributed by atoms with Gasteiger partial charge in [0.25, 0.3) is 0 Å². The van der Waals surface area contributed by atoms with Gasteiger partial charge in [-0.2, -0.15) is 0 Å². The standard InChI is InChI=1S/C14H23N3/c1-11-6-5-7-13(10-15)17(11)12(2)14-8-3-4-9-16-14/h3-4,8-9,11-13H,5-7,10,15H2,1-2H3. The Morgan fingerprint density at radius 1 is 1.47 bits per heavy atom. The Kier molecular flexibility index (Phi) is 4.13. The van der Waals surface area contributed by atoms with Crippen LogP contribution in [0.1, 0.15) is 44.8 Å². The Labute approximate surface area is 104 Å². The zero-order chi connectivity index (χ0) is 12.3. The molecule has 94 valence electrons. The minimum absolute atomic E-state index is 0.361. The van der Waals surface area contributed by atoms with Crippen molar-refractivity contribution in [2.75, 3.05) is 6.54 Å². The molecule has 0 radical (unpaired) electrons. The Bertz CT molecular complexity index is 339. The molecule has 2 rings (SSSR count). The maximum atomic E-state index is 5.91. The van der Waals surface area contributed by atoms with Crippen LogP contribution in [0.4, 0.5) is 0 Å². The first-order valence-electron chi connectivity index (χ1n) is 6.62. The molecular formula is C14H23N3. The molecule has 0 aliphatic carbocycles. The van der Waals surface area contributed by atoms with E-state index in [-0.39, 0.29) is 0 Å². The summed E-state index contributed by atoms with van der Waals surface area (Å²) >= 11 is 0. The number of nitrogens with zero attached hydrogens (tertiary/aromatic N) is 2. The van der Waals surface area contributed by atoms with Crippen LogP contribution in [0.3, 0.4) is 0 Å². The zero-order valence-electron chi connectivity index (χ0n) is 10.8. The second kappa shape index (κ2) is 5.61. The number of hydrogen-bond donors (Lipinski definition) is 1. The fourth-order valence-electron chi connectivity index (χ4n) is 3.02. The van der Waals surface area contributed by atoms with E-state index in [9.17, 15) is 0 Å². The highest BCUT2D eigenvalue weighted by Gasteiger charge is 2.31. The lowest BCUT2D eigenvalue weighted by atomic mass is 9.93. The molecule has 0 saturated carbocycles. The van der Waals surface area contributed by atoms with Gasteiger partial charge in [0.1, 0.15) is 0 Å². The van der Waals surface area contributed by atoms with Crippen LogP contribution < -0.4 is 5.73 Å². The Morgan fingerprint density at radius 3 is 2.94 bits per heavy atom. The van der Waals surface area contributed by atoms with Gasteiger partial charge in [0.15, 0.2) is 0 Å². The average Bonchev–Trinajstić information content (AvgIpc) is 2.38. The number of rotatable bonds is 3. The third-order valence-electron chi connectivity index (χ3n) is 3.92. The molecule has 1 aliphatic heterocycles. The molecule has 1 aliphatic rings. The second-order valence-corrected chi connectivity index (χ2v) is 5.05. The van der Waals surface area contributed by atoms with Gasteiger partial charge in [-0.25, -0.2) is 0 Å². The number of likely N-dealkylation sites (tertiary alicyclic amines) is 1. The van der Waals surface area contributed by atoms with Crippen LogP contribution in [0, 0.1) is 0 Å². The molecule has 3 atom stereocenters. The first kappa shape index (κ1) is 12.5. The van der Waals surface area contributed by atoms with Crippen LogP contribution >= 0.6 is 0 Å². The predicted octanol–water partition coefficient (Wildman–Crippen LogP) is 2.34.